The standard InChI is InChI=1S/C26H32N4O3/c1-3-4-16-30-24(31)17-21(25(30)19-10-12-20(33-2)13-11-19)26(32)27-14-7-15-29-18-28-22-8-5-6-9-23(22)29/h5-6,8-13,18,21,25H,3-4,7,14-17H2,1-2H3,(H,27,32). The van der Waals surface area contributed by atoms with Crippen LogP contribution in [0.15, 0.2) is 54.9 Å². The maximum absolute atomic E-state index is 13.2. The average molecular weight is 449 g/mol. The van der Waals surface area contributed by atoms with E-state index in [9.17, 15) is 9.59 Å². The van der Waals surface area contributed by atoms with Gasteiger partial charge >= 0.3 is 0 Å². The Morgan fingerprint density at radius 2 is 1.91 bits per heavy atom. The van der Waals surface area contributed by atoms with Gasteiger partial charge < -0.3 is 19.5 Å². The van der Waals surface area contributed by atoms with E-state index < -0.39 is 5.92 Å². The lowest BCUT2D eigenvalue weighted by Gasteiger charge is -2.28. The SMILES string of the molecule is CCCCN1C(=O)CC(C(=O)NCCCn2cnc3ccccc32)C1c1ccc(OC)cc1. The van der Waals surface area contributed by atoms with E-state index in [1.54, 1.807) is 7.11 Å². The molecule has 1 fully saturated rings. The van der Waals surface area contributed by atoms with Crippen molar-refractivity contribution >= 4 is 22.8 Å². The number of amides is 2. The Bertz CT molecular complexity index is 1090. The van der Waals surface area contributed by atoms with Crippen molar-refractivity contribution in [3.05, 3.63) is 60.4 Å². The first-order chi connectivity index (χ1) is 16.1. The summed E-state index contributed by atoms with van der Waals surface area (Å²) in [5, 5.41) is 3.08. The lowest BCUT2D eigenvalue weighted by atomic mass is 9.92. The highest BCUT2D eigenvalue weighted by atomic mass is 16.5. The maximum atomic E-state index is 13.2. The predicted octanol–water partition coefficient (Wildman–Crippen LogP) is 3.94. The van der Waals surface area contributed by atoms with Crippen LogP contribution in [0.1, 0.15) is 44.2 Å². The second kappa shape index (κ2) is 10.5. The summed E-state index contributed by atoms with van der Waals surface area (Å²) in [5.74, 6) is 0.362. The lowest BCUT2D eigenvalue weighted by molar-refractivity contribution is -0.129. The highest BCUT2D eigenvalue weighted by Gasteiger charge is 2.43. The zero-order valence-corrected chi connectivity index (χ0v) is 19.4. The van der Waals surface area contributed by atoms with Crippen LogP contribution in [0.5, 0.6) is 5.75 Å². The number of hydrogen-bond acceptors (Lipinski definition) is 4. The number of nitrogens with one attached hydrogen (secondary N) is 1. The molecule has 2 heterocycles. The number of rotatable bonds is 10. The topological polar surface area (TPSA) is 76.5 Å². The number of carbonyl (C=O) groups excluding carboxylic acids is 2. The Morgan fingerprint density at radius 3 is 2.67 bits per heavy atom. The molecule has 1 aliphatic rings. The van der Waals surface area contributed by atoms with Gasteiger partial charge in [-0.1, -0.05) is 37.6 Å². The van der Waals surface area contributed by atoms with E-state index >= 15 is 0 Å². The van der Waals surface area contributed by atoms with Gasteiger partial charge in [0.05, 0.1) is 36.4 Å². The number of carbonyl (C=O) groups is 2. The third-order valence-corrected chi connectivity index (χ3v) is 6.38. The van der Waals surface area contributed by atoms with E-state index in [0.29, 0.717) is 13.1 Å². The van der Waals surface area contributed by atoms with Crippen molar-refractivity contribution < 1.29 is 14.3 Å². The van der Waals surface area contributed by atoms with E-state index in [4.69, 9.17) is 4.74 Å². The van der Waals surface area contributed by atoms with Crippen molar-refractivity contribution in [3.8, 4) is 5.75 Å². The van der Waals surface area contributed by atoms with Crippen LogP contribution in [0.4, 0.5) is 0 Å². The van der Waals surface area contributed by atoms with Crippen molar-refractivity contribution in [2.75, 3.05) is 20.2 Å². The molecule has 1 saturated heterocycles. The molecular weight excluding hydrogens is 416 g/mol. The first kappa shape index (κ1) is 22.8. The summed E-state index contributed by atoms with van der Waals surface area (Å²) < 4.78 is 7.38. The van der Waals surface area contributed by atoms with E-state index in [-0.39, 0.29) is 24.3 Å². The van der Waals surface area contributed by atoms with Crippen molar-refractivity contribution in [2.24, 2.45) is 5.92 Å². The summed E-state index contributed by atoms with van der Waals surface area (Å²) in [6.07, 6.45) is 4.80. The number of imidazole rings is 1. The largest absolute Gasteiger partial charge is 0.497 e. The molecule has 33 heavy (non-hydrogen) atoms. The van der Waals surface area contributed by atoms with E-state index in [1.165, 1.54) is 0 Å². The molecule has 1 aliphatic heterocycles. The van der Waals surface area contributed by atoms with Crippen LogP contribution in [-0.2, 0) is 16.1 Å². The quantitative estimate of drug-likeness (QED) is 0.477. The van der Waals surface area contributed by atoms with Crippen LogP contribution in [0.2, 0.25) is 0 Å². The highest BCUT2D eigenvalue weighted by molar-refractivity contribution is 5.90. The predicted molar refractivity (Wildman–Crippen MR) is 128 cm³/mol. The first-order valence-electron chi connectivity index (χ1n) is 11.7. The van der Waals surface area contributed by atoms with Gasteiger partial charge in [0.15, 0.2) is 0 Å². The third-order valence-electron chi connectivity index (χ3n) is 6.38. The summed E-state index contributed by atoms with van der Waals surface area (Å²) in [6.45, 7) is 4.11. The van der Waals surface area contributed by atoms with Crippen LogP contribution in [0.25, 0.3) is 11.0 Å². The Hall–Kier alpha value is -3.35. The molecule has 1 N–H and O–H groups in total. The maximum Gasteiger partial charge on any atom is 0.226 e. The van der Waals surface area contributed by atoms with Gasteiger partial charge in [0.25, 0.3) is 0 Å². The molecule has 2 amide bonds. The number of methoxy groups -OCH3 is 1. The minimum absolute atomic E-state index is 0.0503. The number of likely N-dealkylation sites (tertiary alicyclic amines) is 1. The second-order valence-electron chi connectivity index (χ2n) is 8.54. The molecule has 0 spiro atoms. The molecule has 0 saturated carbocycles. The van der Waals surface area contributed by atoms with Gasteiger partial charge in [-0.15, -0.1) is 0 Å². The molecule has 7 nitrogen and oxygen atoms in total. The average Bonchev–Trinajstić information content (AvgIpc) is 3.41. The van der Waals surface area contributed by atoms with Gasteiger partial charge in [-0.05, 0) is 42.7 Å². The molecule has 7 heteroatoms. The summed E-state index contributed by atoms with van der Waals surface area (Å²) in [5.41, 5.74) is 3.04. The molecule has 2 unspecified atom stereocenters. The van der Waals surface area contributed by atoms with Gasteiger partial charge in [0.2, 0.25) is 11.8 Å². The Kier molecular flexibility index (Phi) is 7.27. The fourth-order valence-corrected chi connectivity index (χ4v) is 4.61. The summed E-state index contributed by atoms with van der Waals surface area (Å²) >= 11 is 0. The monoisotopic (exact) mass is 448 g/mol. The summed E-state index contributed by atoms with van der Waals surface area (Å²) in [4.78, 5) is 32.3. The molecule has 1 aromatic heterocycles. The normalized spacial score (nSPS) is 18.1. The van der Waals surface area contributed by atoms with Crippen molar-refractivity contribution in [2.45, 2.75) is 45.2 Å². The Labute approximate surface area is 194 Å². The van der Waals surface area contributed by atoms with Gasteiger partial charge in [-0.3, -0.25) is 9.59 Å². The fourth-order valence-electron chi connectivity index (χ4n) is 4.61. The molecule has 3 aromatic rings. The molecule has 4 rings (SSSR count). The zero-order valence-electron chi connectivity index (χ0n) is 19.4. The number of benzene rings is 2. The van der Waals surface area contributed by atoms with Crippen LogP contribution in [0.3, 0.4) is 0 Å². The summed E-state index contributed by atoms with van der Waals surface area (Å²) in [7, 11) is 1.63. The van der Waals surface area contributed by atoms with Crippen molar-refractivity contribution in [1.29, 1.82) is 0 Å². The van der Waals surface area contributed by atoms with Gasteiger partial charge in [-0.25, -0.2) is 4.98 Å². The molecule has 0 bridgehead atoms. The van der Waals surface area contributed by atoms with Gasteiger partial charge in [0.1, 0.15) is 5.75 Å². The van der Waals surface area contributed by atoms with Crippen LogP contribution >= 0.6 is 0 Å². The highest BCUT2D eigenvalue weighted by Crippen LogP contribution is 2.39. The summed E-state index contributed by atoms with van der Waals surface area (Å²) in [6, 6.07) is 15.5. The number of ether oxygens (including phenoxy) is 1. The number of fused-ring (bicyclic) bond motifs is 1. The minimum atomic E-state index is -0.392. The van der Waals surface area contributed by atoms with Crippen LogP contribution in [0, 0.1) is 5.92 Å². The number of aromatic nitrogens is 2. The molecule has 0 radical (unpaired) electrons. The molecular formula is C26H32N4O3. The smallest absolute Gasteiger partial charge is 0.226 e. The number of para-hydroxylation sites is 2. The lowest BCUT2D eigenvalue weighted by Crippen LogP contribution is -2.36. The van der Waals surface area contributed by atoms with Crippen LogP contribution in [-0.4, -0.2) is 46.5 Å². The van der Waals surface area contributed by atoms with Gasteiger partial charge in [-0.2, -0.15) is 0 Å². The molecule has 0 aliphatic carbocycles. The number of hydrogen-bond donors (Lipinski definition) is 1. The Balaban J connectivity index is 1.41. The van der Waals surface area contributed by atoms with E-state index in [2.05, 4.69) is 27.9 Å². The number of aryl methyl sites for hydroxylation is 1. The minimum Gasteiger partial charge on any atom is -0.497 e. The third kappa shape index (κ3) is 5.02. The fraction of sp³-hybridized carbons (Fsp3) is 0.423. The van der Waals surface area contributed by atoms with Crippen LogP contribution < -0.4 is 10.1 Å². The second-order valence-corrected chi connectivity index (χ2v) is 8.54. The first-order valence-corrected chi connectivity index (χ1v) is 11.7. The van der Waals surface area contributed by atoms with E-state index in [1.807, 2.05) is 53.7 Å². The van der Waals surface area contributed by atoms with Gasteiger partial charge in [0, 0.05) is 26.1 Å². The molecule has 2 atom stereocenters. The molecule has 174 valence electrons. The zero-order chi connectivity index (χ0) is 23.2. The Morgan fingerprint density at radius 1 is 1.12 bits per heavy atom. The number of unbranched alkanes of at least 4 members (excludes halogenated alkanes) is 1. The molecule has 2 aromatic carbocycles. The van der Waals surface area contributed by atoms with Crippen molar-refractivity contribution in [3.63, 3.8) is 0 Å². The number of nitrogens with zero attached hydrogens (tertiary/aromatic N) is 3. The van der Waals surface area contributed by atoms with E-state index in [0.717, 1.165) is 48.2 Å². The van der Waals surface area contributed by atoms with Crippen molar-refractivity contribution in [1.82, 2.24) is 19.8 Å².